The molecule has 0 aliphatic heterocycles. The van der Waals surface area contributed by atoms with Crippen LogP contribution < -0.4 is 25.8 Å². The van der Waals surface area contributed by atoms with Crippen molar-refractivity contribution in [2.24, 2.45) is 11.1 Å². The summed E-state index contributed by atoms with van der Waals surface area (Å²) in [5, 5.41) is 5.20. The SMILES string of the molecule is COc1cc(NC(=O)CNC(=O)[C@@H](N)C(C)(C)C)cc(OC)c1. The van der Waals surface area contributed by atoms with Crippen LogP contribution in [0.3, 0.4) is 0 Å². The molecule has 1 aromatic rings. The number of carbonyl (C=O) groups excluding carboxylic acids is 2. The highest BCUT2D eigenvalue weighted by Crippen LogP contribution is 2.25. The number of hydrogen-bond donors (Lipinski definition) is 3. The van der Waals surface area contributed by atoms with E-state index in [9.17, 15) is 9.59 Å². The van der Waals surface area contributed by atoms with Crippen molar-refractivity contribution in [1.29, 1.82) is 0 Å². The van der Waals surface area contributed by atoms with Gasteiger partial charge in [-0.25, -0.2) is 0 Å². The number of methoxy groups -OCH3 is 2. The number of anilines is 1. The number of hydrogen-bond acceptors (Lipinski definition) is 5. The van der Waals surface area contributed by atoms with Crippen molar-refractivity contribution in [3.63, 3.8) is 0 Å². The average Bonchev–Trinajstić information content (AvgIpc) is 2.50. The zero-order chi connectivity index (χ0) is 17.6. The van der Waals surface area contributed by atoms with Gasteiger partial charge in [-0.05, 0) is 5.41 Å². The summed E-state index contributed by atoms with van der Waals surface area (Å²) in [6.45, 7) is 5.42. The van der Waals surface area contributed by atoms with Crippen molar-refractivity contribution in [2.75, 3.05) is 26.1 Å². The Morgan fingerprint density at radius 3 is 2.09 bits per heavy atom. The van der Waals surface area contributed by atoms with Crippen LogP contribution in [-0.4, -0.2) is 38.6 Å². The summed E-state index contributed by atoms with van der Waals surface area (Å²) < 4.78 is 10.3. The Balaban J connectivity index is 2.62. The largest absolute Gasteiger partial charge is 0.497 e. The second-order valence-corrected chi connectivity index (χ2v) is 6.21. The van der Waals surface area contributed by atoms with Gasteiger partial charge in [0.15, 0.2) is 0 Å². The molecule has 1 rings (SSSR count). The van der Waals surface area contributed by atoms with Crippen molar-refractivity contribution in [3.8, 4) is 11.5 Å². The van der Waals surface area contributed by atoms with E-state index in [4.69, 9.17) is 15.2 Å². The number of amides is 2. The molecule has 0 spiro atoms. The third-order valence-corrected chi connectivity index (χ3v) is 3.27. The molecule has 0 aliphatic rings. The highest BCUT2D eigenvalue weighted by molar-refractivity contribution is 5.95. The summed E-state index contributed by atoms with van der Waals surface area (Å²) in [5.41, 5.74) is 5.97. The Bertz CT molecular complexity index is 545. The molecule has 0 radical (unpaired) electrons. The van der Waals surface area contributed by atoms with Crippen molar-refractivity contribution < 1.29 is 19.1 Å². The van der Waals surface area contributed by atoms with E-state index in [0.717, 1.165) is 0 Å². The molecule has 1 aromatic carbocycles. The van der Waals surface area contributed by atoms with Gasteiger partial charge in [-0.2, -0.15) is 0 Å². The lowest BCUT2D eigenvalue weighted by Gasteiger charge is -2.25. The topological polar surface area (TPSA) is 103 Å². The van der Waals surface area contributed by atoms with Gasteiger partial charge in [0.05, 0.1) is 26.8 Å². The predicted octanol–water partition coefficient (Wildman–Crippen LogP) is 1.13. The molecule has 0 unspecified atom stereocenters. The van der Waals surface area contributed by atoms with Gasteiger partial charge in [0.1, 0.15) is 11.5 Å². The van der Waals surface area contributed by atoms with E-state index in [0.29, 0.717) is 17.2 Å². The first-order valence-electron chi connectivity index (χ1n) is 7.23. The third-order valence-electron chi connectivity index (χ3n) is 3.27. The molecule has 2 amide bonds. The van der Waals surface area contributed by atoms with Crippen LogP contribution in [-0.2, 0) is 9.59 Å². The van der Waals surface area contributed by atoms with Crippen molar-refractivity contribution in [3.05, 3.63) is 18.2 Å². The van der Waals surface area contributed by atoms with Crippen LogP contribution in [0.2, 0.25) is 0 Å². The summed E-state index contributed by atoms with van der Waals surface area (Å²) in [6, 6.07) is 4.32. The van der Waals surface area contributed by atoms with Crippen LogP contribution in [0.4, 0.5) is 5.69 Å². The average molecular weight is 323 g/mol. The molecule has 7 heteroatoms. The van der Waals surface area contributed by atoms with Gasteiger partial charge in [-0.1, -0.05) is 20.8 Å². The molecule has 23 heavy (non-hydrogen) atoms. The van der Waals surface area contributed by atoms with E-state index in [1.807, 2.05) is 20.8 Å². The lowest BCUT2D eigenvalue weighted by molar-refractivity contribution is -0.126. The quantitative estimate of drug-likeness (QED) is 0.728. The van der Waals surface area contributed by atoms with Crippen molar-refractivity contribution in [1.82, 2.24) is 5.32 Å². The van der Waals surface area contributed by atoms with Gasteiger partial charge in [0, 0.05) is 23.9 Å². The van der Waals surface area contributed by atoms with Crippen LogP contribution in [0, 0.1) is 5.41 Å². The Kier molecular flexibility index (Phi) is 6.38. The molecule has 0 fully saturated rings. The highest BCUT2D eigenvalue weighted by atomic mass is 16.5. The number of nitrogens with two attached hydrogens (primary N) is 1. The Morgan fingerprint density at radius 1 is 1.13 bits per heavy atom. The molecule has 0 saturated heterocycles. The molecule has 0 heterocycles. The number of nitrogens with one attached hydrogen (secondary N) is 2. The molecule has 0 saturated carbocycles. The molecule has 0 aliphatic carbocycles. The van der Waals surface area contributed by atoms with E-state index in [-0.39, 0.29) is 23.8 Å². The first-order valence-corrected chi connectivity index (χ1v) is 7.23. The van der Waals surface area contributed by atoms with Gasteiger partial charge in [-0.3, -0.25) is 9.59 Å². The van der Waals surface area contributed by atoms with Gasteiger partial charge in [0.25, 0.3) is 0 Å². The maximum absolute atomic E-state index is 11.9. The summed E-state index contributed by atoms with van der Waals surface area (Å²) in [6.07, 6.45) is 0. The Morgan fingerprint density at radius 2 is 1.65 bits per heavy atom. The second-order valence-electron chi connectivity index (χ2n) is 6.21. The fourth-order valence-electron chi connectivity index (χ4n) is 1.76. The van der Waals surface area contributed by atoms with E-state index in [2.05, 4.69) is 10.6 Å². The van der Waals surface area contributed by atoms with E-state index >= 15 is 0 Å². The summed E-state index contributed by atoms with van der Waals surface area (Å²) in [7, 11) is 3.04. The maximum atomic E-state index is 11.9. The van der Waals surface area contributed by atoms with E-state index in [1.165, 1.54) is 14.2 Å². The normalized spacial score (nSPS) is 12.3. The molecule has 0 aromatic heterocycles. The van der Waals surface area contributed by atoms with Crippen LogP contribution in [0.5, 0.6) is 11.5 Å². The lowest BCUT2D eigenvalue weighted by Crippen LogP contribution is -2.50. The zero-order valence-corrected chi connectivity index (χ0v) is 14.2. The lowest BCUT2D eigenvalue weighted by atomic mass is 9.87. The third kappa shape index (κ3) is 5.78. The van der Waals surface area contributed by atoms with Gasteiger partial charge < -0.3 is 25.8 Å². The predicted molar refractivity (Wildman–Crippen MR) is 88.6 cm³/mol. The van der Waals surface area contributed by atoms with Crippen molar-refractivity contribution in [2.45, 2.75) is 26.8 Å². The fourth-order valence-corrected chi connectivity index (χ4v) is 1.76. The second kappa shape index (κ2) is 7.82. The minimum Gasteiger partial charge on any atom is -0.497 e. The minimum atomic E-state index is -0.688. The van der Waals surface area contributed by atoms with Crippen LogP contribution >= 0.6 is 0 Å². The highest BCUT2D eigenvalue weighted by Gasteiger charge is 2.27. The zero-order valence-electron chi connectivity index (χ0n) is 14.2. The number of carbonyl (C=O) groups is 2. The molecule has 128 valence electrons. The standard InChI is InChI=1S/C16H25N3O4/c1-16(2,3)14(17)15(21)18-9-13(20)19-10-6-11(22-4)8-12(7-10)23-5/h6-8,14H,9,17H2,1-5H3,(H,18,21)(H,19,20)/t14-/m1/s1. The molecule has 4 N–H and O–H groups in total. The van der Waals surface area contributed by atoms with Crippen LogP contribution in [0.1, 0.15) is 20.8 Å². The molecule has 0 bridgehead atoms. The van der Waals surface area contributed by atoms with Gasteiger partial charge >= 0.3 is 0 Å². The Labute approximate surface area is 136 Å². The van der Waals surface area contributed by atoms with Crippen LogP contribution in [0.15, 0.2) is 18.2 Å². The van der Waals surface area contributed by atoms with Crippen LogP contribution in [0.25, 0.3) is 0 Å². The number of ether oxygens (including phenoxy) is 2. The minimum absolute atomic E-state index is 0.165. The molecule has 1 atom stereocenters. The number of benzene rings is 1. The monoisotopic (exact) mass is 323 g/mol. The molecular weight excluding hydrogens is 298 g/mol. The fraction of sp³-hybridized carbons (Fsp3) is 0.500. The summed E-state index contributed by atoms with van der Waals surface area (Å²) in [4.78, 5) is 23.8. The Hall–Kier alpha value is -2.28. The van der Waals surface area contributed by atoms with Gasteiger partial charge in [-0.15, -0.1) is 0 Å². The van der Waals surface area contributed by atoms with Gasteiger partial charge in [0.2, 0.25) is 11.8 Å². The van der Waals surface area contributed by atoms with E-state index in [1.54, 1.807) is 18.2 Å². The van der Waals surface area contributed by atoms with E-state index < -0.39 is 6.04 Å². The summed E-state index contributed by atoms with van der Waals surface area (Å²) in [5.74, 6) is 0.377. The first kappa shape index (κ1) is 18.8. The van der Waals surface area contributed by atoms with Crippen molar-refractivity contribution >= 4 is 17.5 Å². The number of rotatable bonds is 6. The first-order chi connectivity index (χ1) is 10.7. The maximum Gasteiger partial charge on any atom is 0.243 e. The smallest absolute Gasteiger partial charge is 0.243 e. The molecule has 7 nitrogen and oxygen atoms in total. The molecular formula is C16H25N3O4. The summed E-state index contributed by atoms with van der Waals surface area (Å²) >= 11 is 0.